The van der Waals surface area contributed by atoms with Gasteiger partial charge in [0.2, 0.25) is 0 Å². The van der Waals surface area contributed by atoms with Gasteiger partial charge < -0.3 is 14.8 Å². The molecule has 1 heterocycles. The Morgan fingerprint density at radius 3 is 2.29 bits per heavy atom. The Balaban J connectivity index is 0.000000292. The van der Waals surface area contributed by atoms with Gasteiger partial charge in [-0.25, -0.2) is 0 Å². The van der Waals surface area contributed by atoms with Crippen molar-refractivity contribution in [2.75, 3.05) is 39.9 Å². The van der Waals surface area contributed by atoms with Crippen LogP contribution in [0.4, 0.5) is 0 Å². The van der Waals surface area contributed by atoms with E-state index in [9.17, 15) is 4.79 Å². The molecule has 0 radical (unpaired) electrons. The molecular weight excluding hydrogens is 180 g/mol. The molecule has 1 fully saturated rings. The summed E-state index contributed by atoms with van der Waals surface area (Å²) >= 11 is 0. The van der Waals surface area contributed by atoms with Crippen molar-refractivity contribution in [2.24, 2.45) is 0 Å². The number of morpholine rings is 1. The van der Waals surface area contributed by atoms with Crippen LogP contribution in [0, 0.1) is 0 Å². The Kier molecular flexibility index (Phi) is 8.83. The molecule has 0 saturated carbocycles. The average molecular weight is 202 g/mol. The van der Waals surface area contributed by atoms with E-state index < -0.39 is 0 Å². The van der Waals surface area contributed by atoms with Crippen LogP contribution < -0.4 is 5.32 Å². The average Bonchev–Trinajstić information content (AvgIpc) is 2.21. The monoisotopic (exact) mass is 202 g/mol. The number of carbonyl (C=O) groups is 1. The lowest BCUT2D eigenvalue weighted by molar-refractivity contribution is -0.109. The van der Waals surface area contributed by atoms with Crippen molar-refractivity contribution in [3.05, 3.63) is 0 Å². The molecule has 1 N–H and O–H groups in total. The Labute approximate surface area is 86.6 Å². The molecule has 84 valence electrons. The normalized spacial score (nSPS) is 17.4. The molecule has 1 aliphatic heterocycles. The minimum absolute atomic E-state index is 0.559. The number of aldehydes is 1. The molecular formula is C10H22N2O2. The third-order valence-corrected chi connectivity index (χ3v) is 2.01. The van der Waals surface area contributed by atoms with E-state index in [1.165, 1.54) is 0 Å². The van der Waals surface area contributed by atoms with Crippen LogP contribution in [0.1, 0.15) is 13.8 Å². The standard InChI is InChI=1S/C6H11NO2.C4H11N/c8-4-1-7-2-5-9-6-3-7;1-4(2)5-3/h4H,1-3,5-6H2;4-5H,1-3H3. The van der Waals surface area contributed by atoms with Gasteiger partial charge in [0.25, 0.3) is 0 Å². The van der Waals surface area contributed by atoms with Gasteiger partial charge in [0.05, 0.1) is 19.8 Å². The van der Waals surface area contributed by atoms with Crippen molar-refractivity contribution in [1.82, 2.24) is 10.2 Å². The summed E-state index contributed by atoms with van der Waals surface area (Å²) < 4.78 is 5.09. The fourth-order valence-corrected chi connectivity index (χ4v) is 0.889. The number of nitrogens with zero attached hydrogens (tertiary/aromatic N) is 1. The highest BCUT2D eigenvalue weighted by atomic mass is 16.5. The maximum atomic E-state index is 9.99. The van der Waals surface area contributed by atoms with Crippen LogP contribution in [-0.2, 0) is 9.53 Å². The van der Waals surface area contributed by atoms with Gasteiger partial charge >= 0.3 is 0 Å². The minimum atomic E-state index is 0.559. The van der Waals surface area contributed by atoms with Gasteiger partial charge in [-0.1, -0.05) is 13.8 Å². The second-order valence-electron chi connectivity index (χ2n) is 3.52. The largest absolute Gasteiger partial charge is 0.379 e. The first-order valence-electron chi connectivity index (χ1n) is 5.11. The Morgan fingerprint density at radius 1 is 1.43 bits per heavy atom. The summed E-state index contributed by atoms with van der Waals surface area (Å²) in [4.78, 5) is 12.1. The fourth-order valence-electron chi connectivity index (χ4n) is 0.889. The first kappa shape index (κ1) is 13.5. The second-order valence-corrected chi connectivity index (χ2v) is 3.52. The van der Waals surface area contributed by atoms with Gasteiger partial charge in [0.15, 0.2) is 0 Å². The zero-order chi connectivity index (χ0) is 10.8. The molecule has 1 saturated heterocycles. The molecule has 1 rings (SSSR count). The third kappa shape index (κ3) is 8.16. The van der Waals surface area contributed by atoms with Crippen LogP contribution >= 0.6 is 0 Å². The van der Waals surface area contributed by atoms with Crippen LogP contribution in [0.2, 0.25) is 0 Å². The van der Waals surface area contributed by atoms with Crippen molar-refractivity contribution >= 4 is 6.29 Å². The highest BCUT2D eigenvalue weighted by Gasteiger charge is 2.07. The maximum absolute atomic E-state index is 9.99. The van der Waals surface area contributed by atoms with Gasteiger partial charge in [-0.2, -0.15) is 0 Å². The lowest BCUT2D eigenvalue weighted by Gasteiger charge is -2.23. The topological polar surface area (TPSA) is 41.6 Å². The van der Waals surface area contributed by atoms with E-state index >= 15 is 0 Å². The molecule has 0 aromatic rings. The summed E-state index contributed by atoms with van der Waals surface area (Å²) in [6.07, 6.45) is 0.936. The van der Waals surface area contributed by atoms with Crippen LogP contribution in [-0.4, -0.2) is 57.1 Å². The Bertz CT molecular complexity index is 134. The molecule has 0 amide bonds. The van der Waals surface area contributed by atoms with E-state index in [4.69, 9.17) is 4.74 Å². The van der Waals surface area contributed by atoms with Crippen molar-refractivity contribution in [3.63, 3.8) is 0 Å². The van der Waals surface area contributed by atoms with Crippen molar-refractivity contribution in [3.8, 4) is 0 Å². The summed E-state index contributed by atoms with van der Waals surface area (Å²) in [7, 11) is 1.95. The summed E-state index contributed by atoms with van der Waals surface area (Å²) in [5, 5.41) is 3.03. The number of nitrogens with one attached hydrogen (secondary N) is 1. The zero-order valence-electron chi connectivity index (χ0n) is 9.45. The lowest BCUT2D eigenvalue weighted by atomic mass is 10.4. The molecule has 0 aromatic heterocycles. The highest BCUT2D eigenvalue weighted by molar-refractivity contribution is 5.51. The highest BCUT2D eigenvalue weighted by Crippen LogP contribution is 1.93. The number of ether oxygens (including phenoxy) is 1. The summed E-state index contributed by atoms with van der Waals surface area (Å²) in [6.45, 7) is 8.13. The van der Waals surface area contributed by atoms with Crippen LogP contribution in [0.3, 0.4) is 0 Å². The molecule has 0 unspecified atom stereocenters. The number of rotatable bonds is 3. The van der Waals surface area contributed by atoms with E-state index in [1.54, 1.807) is 0 Å². The molecule has 0 spiro atoms. The SMILES string of the molecule is CNC(C)C.O=CCN1CCOCC1. The first-order valence-corrected chi connectivity index (χ1v) is 5.11. The van der Waals surface area contributed by atoms with Gasteiger partial charge in [0.1, 0.15) is 6.29 Å². The summed E-state index contributed by atoms with van der Waals surface area (Å²) in [5.74, 6) is 0. The number of hydrogen-bond donors (Lipinski definition) is 1. The predicted octanol–water partition coefficient (Wildman–Crippen LogP) is 0.132. The van der Waals surface area contributed by atoms with Crippen molar-refractivity contribution in [2.45, 2.75) is 19.9 Å². The third-order valence-electron chi connectivity index (χ3n) is 2.01. The van der Waals surface area contributed by atoms with E-state index in [0.717, 1.165) is 32.6 Å². The van der Waals surface area contributed by atoms with Crippen molar-refractivity contribution < 1.29 is 9.53 Å². The van der Waals surface area contributed by atoms with E-state index in [0.29, 0.717) is 12.6 Å². The van der Waals surface area contributed by atoms with Gasteiger partial charge in [-0.3, -0.25) is 4.90 Å². The minimum Gasteiger partial charge on any atom is -0.379 e. The molecule has 4 heteroatoms. The maximum Gasteiger partial charge on any atom is 0.133 e. The van der Waals surface area contributed by atoms with E-state index in [1.807, 2.05) is 7.05 Å². The number of carbonyl (C=O) groups excluding carboxylic acids is 1. The molecule has 4 nitrogen and oxygen atoms in total. The van der Waals surface area contributed by atoms with Crippen LogP contribution in [0.15, 0.2) is 0 Å². The van der Waals surface area contributed by atoms with Crippen molar-refractivity contribution in [1.29, 1.82) is 0 Å². The van der Waals surface area contributed by atoms with Gasteiger partial charge in [0, 0.05) is 19.1 Å². The van der Waals surface area contributed by atoms with Gasteiger partial charge in [-0.15, -0.1) is 0 Å². The molecule has 0 aliphatic carbocycles. The smallest absolute Gasteiger partial charge is 0.133 e. The molecule has 0 atom stereocenters. The first-order chi connectivity index (χ1) is 6.70. The zero-order valence-corrected chi connectivity index (χ0v) is 9.45. The molecule has 0 bridgehead atoms. The van der Waals surface area contributed by atoms with Crippen LogP contribution in [0.5, 0.6) is 0 Å². The quantitative estimate of drug-likeness (QED) is 0.661. The van der Waals surface area contributed by atoms with Crippen LogP contribution in [0.25, 0.3) is 0 Å². The molecule has 0 aromatic carbocycles. The molecule has 1 aliphatic rings. The Morgan fingerprint density at radius 2 is 1.93 bits per heavy atom. The predicted molar refractivity (Wildman–Crippen MR) is 57.5 cm³/mol. The van der Waals surface area contributed by atoms with Gasteiger partial charge in [-0.05, 0) is 7.05 Å². The number of hydrogen-bond acceptors (Lipinski definition) is 4. The summed E-state index contributed by atoms with van der Waals surface area (Å²) in [6, 6.07) is 0.634. The second kappa shape index (κ2) is 9.12. The Hall–Kier alpha value is -0.450. The summed E-state index contributed by atoms with van der Waals surface area (Å²) in [5.41, 5.74) is 0. The van der Waals surface area contributed by atoms with E-state index in [2.05, 4.69) is 24.1 Å². The molecule has 14 heavy (non-hydrogen) atoms. The lowest BCUT2D eigenvalue weighted by Crippen LogP contribution is -2.37. The van der Waals surface area contributed by atoms with E-state index in [-0.39, 0.29) is 0 Å². The fraction of sp³-hybridized carbons (Fsp3) is 0.900.